The van der Waals surface area contributed by atoms with Crippen molar-refractivity contribution in [1.29, 1.82) is 0 Å². The second-order valence-electron chi connectivity index (χ2n) is 4.54. The quantitative estimate of drug-likeness (QED) is 0.822. The molecular weight excluding hydrogens is 236 g/mol. The van der Waals surface area contributed by atoms with Crippen LogP contribution >= 0.6 is 11.6 Å². The molecule has 2 rings (SSSR count). The van der Waals surface area contributed by atoms with Crippen LogP contribution in [-0.2, 0) is 6.54 Å². The smallest absolute Gasteiger partial charge is 0.123 e. The summed E-state index contributed by atoms with van der Waals surface area (Å²) >= 11 is 6.03. The zero-order chi connectivity index (χ0) is 12.3. The van der Waals surface area contributed by atoms with E-state index < -0.39 is 0 Å². The number of methoxy groups -OCH3 is 1. The van der Waals surface area contributed by atoms with E-state index in [2.05, 4.69) is 16.8 Å². The largest absolute Gasteiger partial charge is 0.496 e. The highest BCUT2D eigenvalue weighted by molar-refractivity contribution is 6.30. The maximum atomic E-state index is 6.03. The predicted octanol–water partition coefficient (Wildman–Crippen LogP) is 2.10. The van der Waals surface area contributed by atoms with Crippen molar-refractivity contribution in [3.8, 4) is 5.75 Å². The van der Waals surface area contributed by atoms with Crippen LogP contribution in [-0.4, -0.2) is 50.1 Å². The predicted molar refractivity (Wildman–Crippen MR) is 70.8 cm³/mol. The Labute approximate surface area is 108 Å². The number of ether oxygens (including phenoxy) is 1. The van der Waals surface area contributed by atoms with Gasteiger partial charge in [-0.05, 0) is 25.2 Å². The van der Waals surface area contributed by atoms with Crippen LogP contribution in [0.15, 0.2) is 18.2 Å². The summed E-state index contributed by atoms with van der Waals surface area (Å²) in [5.74, 6) is 0.924. The number of benzene rings is 1. The number of halogens is 1. The lowest BCUT2D eigenvalue weighted by atomic mass is 10.1. The molecule has 0 unspecified atom stereocenters. The lowest BCUT2D eigenvalue weighted by Crippen LogP contribution is -2.43. The van der Waals surface area contributed by atoms with Gasteiger partial charge in [-0.2, -0.15) is 0 Å². The fourth-order valence-electron chi connectivity index (χ4n) is 2.12. The number of hydrogen-bond acceptors (Lipinski definition) is 3. The Morgan fingerprint density at radius 1 is 1.24 bits per heavy atom. The van der Waals surface area contributed by atoms with Crippen LogP contribution in [0.5, 0.6) is 5.75 Å². The van der Waals surface area contributed by atoms with Crippen LogP contribution in [0.1, 0.15) is 5.56 Å². The highest BCUT2D eigenvalue weighted by Gasteiger charge is 2.15. The fraction of sp³-hybridized carbons (Fsp3) is 0.538. The van der Waals surface area contributed by atoms with Crippen molar-refractivity contribution >= 4 is 11.6 Å². The minimum atomic E-state index is 0.773. The summed E-state index contributed by atoms with van der Waals surface area (Å²) in [5, 5.41) is 0.773. The van der Waals surface area contributed by atoms with E-state index in [1.165, 1.54) is 5.56 Å². The van der Waals surface area contributed by atoms with Gasteiger partial charge in [0.25, 0.3) is 0 Å². The first-order chi connectivity index (χ1) is 8.19. The zero-order valence-electron chi connectivity index (χ0n) is 10.4. The van der Waals surface area contributed by atoms with Gasteiger partial charge in [-0.15, -0.1) is 0 Å². The van der Waals surface area contributed by atoms with Crippen molar-refractivity contribution in [1.82, 2.24) is 9.80 Å². The van der Waals surface area contributed by atoms with Gasteiger partial charge in [-0.3, -0.25) is 4.90 Å². The molecule has 17 heavy (non-hydrogen) atoms. The molecule has 0 aromatic heterocycles. The molecule has 0 spiro atoms. The molecule has 0 aliphatic carbocycles. The van der Waals surface area contributed by atoms with Gasteiger partial charge in [0.15, 0.2) is 0 Å². The van der Waals surface area contributed by atoms with E-state index in [1.807, 2.05) is 18.2 Å². The van der Waals surface area contributed by atoms with Crippen LogP contribution in [0.3, 0.4) is 0 Å². The minimum Gasteiger partial charge on any atom is -0.496 e. The molecule has 0 N–H and O–H groups in total. The number of nitrogens with zero attached hydrogens (tertiary/aromatic N) is 2. The van der Waals surface area contributed by atoms with Crippen molar-refractivity contribution in [2.75, 3.05) is 40.3 Å². The normalized spacial score (nSPS) is 18.3. The molecule has 0 amide bonds. The highest BCUT2D eigenvalue weighted by atomic mass is 35.5. The van der Waals surface area contributed by atoms with Gasteiger partial charge in [0, 0.05) is 43.3 Å². The molecule has 3 nitrogen and oxygen atoms in total. The monoisotopic (exact) mass is 254 g/mol. The Balaban J connectivity index is 2.04. The number of hydrogen-bond donors (Lipinski definition) is 0. The molecule has 1 aromatic carbocycles. The average Bonchev–Trinajstić information content (AvgIpc) is 2.32. The van der Waals surface area contributed by atoms with Gasteiger partial charge >= 0.3 is 0 Å². The maximum Gasteiger partial charge on any atom is 0.123 e. The van der Waals surface area contributed by atoms with Crippen molar-refractivity contribution in [2.24, 2.45) is 0 Å². The molecule has 0 radical (unpaired) electrons. The molecule has 1 aliphatic rings. The fourth-order valence-corrected chi connectivity index (χ4v) is 2.31. The first-order valence-electron chi connectivity index (χ1n) is 5.92. The molecule has 0 bridgehead atoms. The lowest BCUT2D eigenvalue weighted by Gasteiger charge is -2.32. The van der Waals surface area contributed by atoms with E-state index in [0.29, 0.717) is 0 Å². The van der Waals surface area contributed by atoms with Gasteiger partial charge in [-0.25, -0.2) is 0 Å². The van der Waals surface area contributed by atoms with Gasteiger partial charge in [0.1, 0.15) is 5.75 Å². The number of piperazine rings is 1. The Bertz CT molecular complexity index is 376. The molecule has 1 aliphatic heterocycles. The summed E-state index contributed by atoms with van der Waals surface area (Å²) in [6.07, 6.45) is 0. The van der Waals surface area contributed by atoms with Crippen LogP contribution in [0.25, 0.3) is 0 Å². The first kappa shape index (κ1) is 12.7. The Hall–Kier alpha value is -0.770. The van der Waals surface area contributed by atoms with Crippen LogP contribution in [0, 0.1) is 0 Å². The zero-order valence-corrected chi connectivity index (χ0v) is 11.2. The molecule has 0 saturated carbocycles. The van der Waals surface area contributed by atoms with Crippen molar-refractivity contribution < 1.29 is 4.74 Å². The third-order valence-corrected chi connectivity index (χ3v) is 3.47. The maximum absolute atomic E-state index is 6.03. The number of rotatable bonds is 3. The highest BCUT2D eigenvalue weighted by Crippen LogP contribution is 2.24. The van der Waals surface area contributed by atoms with E-state index in [1.54, 1.807) is 7.11 Å². The van der Waals surface area contributed by atoms with Crippen LogP contribution < -0.4 is 4.74 Å². The molecule has 0 atom stereocenters. The van der Waals surface area contributed by atoms with Gasteiger partial charge < -0.3 is 9.64 Å². The molecule has 94 valence electrons. The van der Waals surface area contributed by atoms with Crippen LogP contribution in [0.2, 0.25) is 5.02 Å². The third kappa shape index (κ3) is 3.35. The van der Waals surface area contributed by atoms with E-state index in [0.717, 1.165) is 43.5 Å². The van der Waals surface area contributed by atoms with Gasteiger partial charge in [0.05, 0.1) is 7.11 Å². The average molecular weight is 255 g/mol. The Morgan fingerprint density at radius 2 is 1.94 bits per heavy atom. The summed E-state index contributed by atoms with van der Waals surface area (Å²) in [6, 6.07) is 5.81. The topological polar surface area (TPSA) is 15.7 Å². The summed E-state index contributed by atoms with van der Waals surface area (Å²) in [5.41, 5.74) is 1.17. The van der Waals surface area contributed by atoms with Gasteiger partial charge in [-0.1, -0.05) is 11.6 Å². The third-order valence-electron chi connectivity index (χ3n) is 3.23. The first-order valence-corrected chi connectivity index (χ1v) is 6.30. The summed E-state index contributed by atoms with van der Waals surface area (Å²) in [6.45, 7) is 5.38. The summed E-state index contributed by atoms with van der Waals surface area (Å²) in [7, 11) is 3.87. The van der Waals surface area contributed by atoms with Crippen LogP contribution in [0.4, 0.5) is 0 Å². The Kier molecular flexibility index (Phi) is 4.26. The van der Waals surface area contributed by atoms with Crippen molar-refractivity contribution in [2.45, 2.75) is 6.54 Å². The van der Waals surface area contributed by atoms with E-state index in [4.69, 9.17) is 16.3 Å². The Morgan fingerprint density at radius 3 is 2.59 bits per heavy atom. The summed E-state index contributed by atoms with van der Waals surface area (Å²) < 4.78 is 5.37. The second-order valence-corrected chi connectivity index (χ2v) is 4.97. The van der Waals surface area contributed by atoms with E-state index in [9.17, 15) is 0 Å². The minimum absolute atomic E-state index is 0.773. The SMILES string of the molecule is COc1ccc(Cl)cc1CN1CCN(C)CC1. The number of likely N-dealkylation sites (N-methyl/N-ethyl adjacent to an activating group) is 1. The summed E-state index contributed by atoms with van der Waals surface area (Å²) in [4.78, 5) is 4.79. The molecular formula is C13H19ClN2O. The standard InChI is InChI=1S/C13H19ClN2O/c1-15-5-7-16(8-6-15)10-11-9-12(14)3-4-13(11)17-2/h3-4,9H,5-8,10H2,1-2H3. The van der Waals surface area contributed by atoms with Crippen molar-refractivity contribution in [3.05, 3.63) is 28.8 Å². The van der Waals surface area contributed by atoms with E-state index >= 15 is 0 Å². The van der Waals surface area contributed by atoms with E-state index in [-0.39, 0.29) is 0 Å². The second kappa shape index (κ2) is 5.71. The molecule has 1 fully saturated rings. The van der Waals surface area contributed by atoms with Gasteiger partial charge in [0.2, 0.25) is 0 Å². The molecule has 1 heterocycles. The molecule has 4 heteroatoms. The van der Waals surface area contributed by atoms with Crippen molar-refractivity contribution in [3.63, 3.8) is 0 Å². The molecule has 1 aromatic rings. The lowest BCUT2D eigenvalue weighted by molar-refractivity contribution is 0.147. The molecule has 1 saturated heterocycles.